The third-order valence-corrected chi connectivity index (χ3v) is 6.07. The van der Waals surface area contributed by atoms with Crippen LogP contribution in [0.5, 0.6) is 0 Å². The molecule has 8 heteroatoms. The predicted octanol–water partition coefficient (Wildman–Crippen LogP) is 3.24. The zero-order valence-corrected chi connectivity index (χ0v) is 18.2. The lowest BCUT2D eigenvalue weighted by atomic mass is 10.1. The van der Waals surface area contributed by atoms with Gasteiger partial charge in [-0.05, 0) is 68.0 Å². The van der Waals surface area contributed by atoms with Crippen LogP contribution in [0, 0.1) is 5.92 Å². The molecule has 1 aliphatic heterocycles. The van der Waals surface area contributed by atoms with Crippen LogP contribution in [0.1, 0.15) is 54.4 Å². The summed E-state index contributed by atoms with van der Waals surface area (Å²) in [6.07, 6.45) is 8.34. The minimum atomic E-state index is -0.266. The zero-order valence-electron chi connectivity index (χ0n) is 18.2. The Balaban J connectivity index is 1.31. The Hall–Kier alpha value is -2.97. The second-order valence-electron chi connectivity index (χ2n) is 8.48. The van der Waals surface area contributed by atoms with E-state index in [1.165, 1.54) is 25.7 Å². The quantitative estimate of drug-likeness (QED) is 0.449. The molecule has 1 aliphatic carbocycles. The fourth-order valence-corrected chi connectivity index (χ4v) is 4.26. The maximum Gasteiger partial charge on any atom is 0.276 e. The van der Waals surface area contributed by atoms with Crippen molar-refractivity contribution in [3.8, 4) is 0 Å². The molecule has 0 bridgehead atoms. The number of benzene rings is 1. The van der Waals surface area contributed by atoms with Crippen molar-refractivity contribution in [2.75, 3.05) is 23.8 Å². The van der Waals surface area contributed by atoms with Gasteiger partial charge in [-0.25, -0.2) is 10.5 Å². The SMILES string of the molecule is O=C(NOCC1CCCC1)c1ccccc1NCc1ccnc(NC(=O)C2CCCN2)c1. The minimum absolute atomic E-state index is 0.0558. The number of hydroxylamine groups is 1. The monoisotopic (exact) mass is 437 g/mol. The summed E-state index contributed by atoms with van der Waals surface area (Å²) >= 11 is 0. The highest BCUT2D eigenvalue weighted by Crippen LogP contribution is 2.24. The molecule has 1 saturated carbocycles. The Morgan fingerprint density at radius 2 is 1.94 bits per heavy atom. The van der Waals surface area contributed by atoms with Crippen LogP contribution in [0.4, 0.5) is 11.5 Å². The van der Waals surface area contributed by atoms with E-state index >= 15 is 0 Å². The summed E-state index contributed by atoms with van der Waals surface area (Å²) in [5.41, 5.74) is 4.76. The van der Waals surface area contributed by atoms with Crippen molar-refractivity contribution in [2.45, 2.75) is 51.1 Å². The number of anilines is 2. The second-order valence-corrected chi connectivity index (χ2v) is 8.48. The molecule has 0 radical (unpaired) electrons. The van der Waals surface area contributed by atoms with Gasteiger partial charge in [0.25, 0.3) is 5.91 Å². The maximum atomic E-state index is 12.6. The lowest BCUT2D eigenvalue weighted by Gasteiger charge is -2.14. The summed E-state index contributed by atoms with van der Waals surface area (Å²) in [7, 11) is 0. The second kappa shape index (κ2) is 11.1. The van der Waals surface area contributed by atoms with Gasteiger partial charge >= 0.3 is 0 Å². The highest BCUT2D eigenvalue weighted by Gasteiger charge is 2.22. The van der Waals surface area contributed by atoms with Gasteiger partial charge in [0.2, 0.25) is 5.91 Å². The van der Waals surface area contributed by atoms with Crippen LogP contribution in [0.25, 0.3) is 0 Å². The Labute approximate surface area is 188 Å². The number of carbonyl (C=O) groups is 2. The van der Waals surface area contributed by atoms with Crippen molar-refractivity contribution in [3.05, 3.63) is 53.7 Å². The van der Waals surface area contributed by atoms with Gasteiger partial charge in [-0.1, -0.05) is 25.0 Å². The summed E-state index contributed by atoms with van der Waals surface area (Å²) in [6, 6.07) is 10.9. The van der Waals surface area contributed by atoms with Gasteiger partial charge in [0.05, 0.1) is 18.2 Å². The smallest absolute Gasteiger partial charge is 0.276 e. The van der Waals surface area contributed by atoms with E-state index < -0.39 is 0 Å². The van der Waals surface area contributed by atoms with E-state index in [1.54, 1.807) is 12.3 Å². The summed E-state index contributed by atoms with van der Waals surface area (Å²) in [6.45, 7) is 1.91. The van der Waals surface area contributed by atoms with Crippen LogP contribution < -0.4 is 21.4 Å². The lowest BCUT2D eigenvalue weighted by Crippen LogP contribution is -2.35. The van der Waals surface area contributed by atoms with Gasteiger partial charge in [-0.2, -0.15) is 0 Å². The Kier molecular flexibility index (Phi) is 7.68. The number of hydrogen-bond acceptors (Lipinski definition) is 6. The van der Waals surface area contributed by atoms with Crippen LogP contribution in [0.3, 0.4) is 0 Å². The van der Waals surface area contributed by atoms with Gasteiger partial charge in [0, 0.05) is 18.4 Å². The number of amides is 2. The summed E-state index contributed by atoms with van der Waals surface area (Å²) in [5, 5.41) is 9.37. The van der Waals surface area contributed by atoms with Crippen LogP contribution in [-0.4, -0.2) is 36.0 Å². The van der Waals surface area contributed by atoms with Crippen molar-refractivity contribution < 1.29 is 14.4 Å². The van der Waals surface area contributed by atoms with Crippen molar-refractivity contribution >= 4 is 23.3 Å². The van der Waals surface area contributed by atoms with Crippen LogP contribution in [-0.2, 0) is 16.2 Å². The predicted molar refractivity (Wildman–Crippen MR) is 123 cm³/mol. The maximum absolute atomic E-state index is 12.6. The average Bonchev–Trinajstić information content (AvgIpc) is 3.53. The summed E-state index contributed by atoms with van der Waals surface area (Å²) < 4.78 is 0. The van der Waals surface area contributed by atoms with Gasteiger partial charge in [-0.15, -0.1) is 0 Å². The standard InChI is InChI=1S/C24H31N5O3/c30-23(29-32-16-17-6-1-2-7-17)19-8-3-4-9-20(19)27-15-18-11-13-26-22(14-18)28-24(31)21-10-5-12-25-21/h3-4,8-9,11,13-14,17,21,25,27H,1-2,5-7,10,12,15-16H2,(H,29,30)(H,26,28,31). The molecule has 2 aromatic rings. The molecule has 0 spiro atoms. The van der Waals surface area contributed by atoms with Crippen molar-refractivity contribution in [2.24, 2.45) is 5.92 Å². The molecule has 170 valence electrons. The Bertz CT molecular complexity index is 923. The fourth-order valence-electron chi connectivity index (χ4n) is 4.26. The molecule has 2 amide bonds. The van der Waals surface area contributed by atoms with Gasteiger partial charge in [-0.3, -0.25) is 14.4 Å². The molecule has 1 saturated heterocycles. The average molecular weight is 438 g/mol. The van der Waals surface area contributed by atoms with E-state index in [0.29, 0.717) is 36.1 Å². The lowest BCUT2D eigenvalue weighted by molar-refractivity contribution is -0.117. The first-order chi connectivity index (χ1) is 15.7. The molecule has 2 aliphatic rings. The largest absolute Gasteiger partial charge is 0.380 e. The molecule has 1 atom stereocenters. The molecule has 1 aromatic heterocycles. The van der Waals surface area contributed by atoms with Gasteiger partial charge in [0.1, 0.15) is 5.82 Å². The summed E-state index contributed by atoms with van der Waals surface area (Å²) in [4.78, 5) is 34.6. The number of aromatic nitrogens is 1. The number of pyridine rings is 1. The van der Waals surface area contributed by atoms with Crippen LogP contribution >= 0.6 is 0 Å². The molecule has 2 fully saturated rings. The number of carbonyl (C=O) groups excluding carboxylic acids is 2. The zero-order chi connectivity index (χ0) is 22.2. The molecule has 2 heterocycles. The molecule has 4 N–H and O–H groups in total. The molecular formula is C24H31N5O3. The third-order valence-electron chi connectivity index (χ3n) is 6.07. The molecule has 4 rings (SSSR count). The minimum Gasteiger partial charge on any atom is -0.380 e. The van der Waals surface area contributed by atoms with Crippen molar-refractivity contribution in [1.29, 1.82) is 0 Å². The van der Waals surface area contributed by atoms with Crippen LogP contribution in [0.2, 0.25) is 0 Å². The molecular weight excluding hydrogens is 406 g/mol. The Morgan fingerprint density at radius 1 is 1.09 bits per heavy atom. The number of hydrogen-bond donors (Lipinski definition) is 4. The first kappa shape index (κ1) is 22.2. The highest BCUT2D eigenvalue weighted by atomic mass is 16.6. The topological polar surface area (TPSA) is 104 Å². The van der Waals surface area contributed by atoms with Crippen LogP contribution in [0.15, 0.2) is 42.6 Å². The molecule has 1 aromatic carbocycles. The van der Waals surface area contributed by atoms with E-state index in [-0.39, 0.29) is 17.9 Å². The normalized spacial score (nSPS) is 18.4. The van der Waals surface area contributed by atoms with Crippen molar-refractivity contribution in [1.82, 2.24) is 15.8 Å². The molecule has 8 nitrogen and oxygen atoms in total. The molecule has 32 heavy (non-hydrogen) atoms. The van der Waals surface area contributed by atoms with E-state index in [4.69, 9.17) is 4.84 Å². The number of para-hydroxylation sites is 1. The number of rotatable bonds is 9. The summed E-state index contributed by atoms with van der Waals surface area (Å²) in [5.74, 6) is 0.737. The van der Waals surface area contributed by atoms with E-state index in [9.17, 15) is 9.59 Å². The van der Waals surface area contributed by atoms with E-state index in [2.05, 4.69) is 26.4 Å². The van der Waals surface area contributed by atoms with E-state index in [1.807, 2.05) is 30.3 Å². The third kappa shape index (κ3) is 6.05. The first-order valence-corrected chi connectivity index (χ1v) is 11.4. The van der Waals surface area contributed by atoms with E-state index in [0.717, 1.165) is 24.9 Å². The number of nitrogens with zero attached hydrogens (tertiary/aromatic N) is 1. The van der Waals surface area contributed by atoms with Gasteiger partial charge < -0.3 is 16.0 Å². The Morgan fingerprint density at radius 3 is 2.75 bits per heavy atom. The molecule has 1 unspecified atom stereocenters. The highest BCUT2D eigenvalue weighted by molar-refractivity contribution is 5.99. The van der Waals surface area contributed by atoms with Gasteiger partial charge in [0.15, 0.2) is 0 Å². The number of nitrogens with one attached hydrogen (secondary N) is 4. The van der Waals surface area contributed by atoms with Crippen molar-refractivity contribution in [3.63, 3.8) is 0 Å². The first-order valence-electron chi connectivity index (χ1n) is 11.4. The fraction of sp³-hybridized carbons (Fsp3) is 0.458.